The van der Waals surface area contributed by atoms with Crippen LogP contribution >= 0.6 is 11.9 Å². The third-order valence-corrected chi connectivity index (χ3v) is 2.67. The molecule has 1 heterocycles. The minimum Gasteiger partial charge on any atom is -0.491 e. The Balaban J connectivity index is 2.61. The van der Waals surface area contributed by atoms with Crippen LogP contribution in [0.25, 0.3) is 0 Å². The molecule has 80 valence electrons. The number of urea groups is 1. The van der Waals surface area contributed by atoms with Crippen LogP contribution in [0.2, 0.25) is 0 Å². The summed E-state index contributed by atoms with van der Waals surface area (Å²) in [5, 5.41) is 2.34. The van der Waals surface area contributed by atoms with Crippen LogP contribution < -0.4 is 14.8 Å². The van der Waals surface area contributed by atoms with Crippen LogP contribution in [0.4, 0.5) is 19.3 Å². The first-order valence-electron chi connectivity index (χ1n) is 3.93. The smallest absolute Gasteiger partial charge is 0.329 e. The molecule has 0 aliphatic carbocycles. The molecule has 0 saturated carbocycles. The van der Waals surface area contributed by atoms with E-state index >= 15 is 0 Å². The molecular formula is C8H6F2N2O2S. The van der Waals surface area contributed by atoms with Crippen molar-refractivity contribution in [2.45, 2.75) is 4.90 Å². The number of carbonyl (C=O) groups is 1. The van der Waals surface area contributed by atoms with Gasteiger partial charge in [0.05, 0.1) is 12.0 Å². The Hall–Kier alpha value is -1.50. The van der Waals surface area contributed by atoms with E-state index in [0.29, 0.717) is 4.90 Å². The molecule has 7 heteroatoms. The van der Waals surface area contributed by atoms with Crippen LogP contribution in [0.1, 0.15) is 0 Å². The lowest BCUT2D eigenvalue weighted by atomic mass is 10.2. The number of benzene rings is 1. The molecule has 0 bridgehead atoms. The summed E-state index contributed by atoms with van der Waals surface area (Å²) in [5.41, 5.74) is 0.144. The van der Waals surface area contributed by atoms with Crippen molar-refractivity contribution in [1.82, 2.24) is 4.72 Å². The highest BCUT2D eigenvalue weighted by molar-refractivity contribution is 7.98. The number of amides is 2. The second kappa shape index (κ2) is 3.58. The van der Waals surface area contributed by atoms with Crippen LogP contribution in [-0.2, 0) is 0 Å². The molecule has 0 spiro atoms. The van der Waals surface area contributed by atoms with E-state index in [0.717, 1.165) is 18.0 Å². The van der Waals surface area contributed by atoms with E-state index in [1.54, 1.807) is 0 Å². The predicted octanol–water partition coefficient (Wildman–Crippen LogP) is 2.12. The molecule has 0 fully saturated rings. The Morgan fingerprint density at radius 1 is 1.47 bits per heavy atom. The molecule has 1 aromatic rings. The van der Waals surface area contributed by atoms with E-state index in [4.69, 9.17) is 4.74 Å². The monoisotopic (exact) mass is 232 g/mol. The Labute approximate surface area is 88.1 Å². The fraction of sp³-hybridized carbons (Fsp3) is 0.125. The highest BCUT2D eigenvalue weighted by Gasteiger charge is 2.24. The van der Waals surface area contributed by atoms with E-state index in [1.807, 2.05) is 0 Å². The van der Waals surface area contributed by atoms with Gasteiger partial charge in [0, 0.05) is 0 Å². The molecular weight excluding hydrogens is 226 g/mol. The van der Waals surface area contributed by atoms with E-state index in [9.17, 15) is 13.6 Å². The molecule has 2 rings (SSSR count). The second-order valence-electron chi connectivity index (χ2n) is 2.74. The van der Waals surface area contributed by atoms with Crippen molar-refractivity contribution in [1.29, 1.82) is 0 Å². The zero-order valence-corrected chi connectivity index (χ0v) is 8.37. The molecule has 1 aromatic carbocycles. The average molecular weight is 232 g/mol. The molecule has 0 aromatic heterocycles. The molecule has 0 radical (unpaired) electrons. The van der Waals surface area contributed by atoms with E-state index in [1.165, 1.54) is 7.11 Å². The zero-order chi connectivity index (χ0) is 11.0. The fourth-order valence-corrected chi connectivity index (χ4v) is 1.87. The maximum absolute atomic E-state index is 13.2. The molecule has 2 N–H and O–H groups in total. The Bertz CT molecular complexity index is 439. The third-order valence-electron chi connectivity index (χ3n) is 1.84. The lowest BCUT2D eigenvalue weighted by Crippen LogP contribution is -2.27. The topological polar surface area (TPSA) is 50.4 Å². The summed E-state index contributed by atoms with van der Waals surface area (Å²) in [7, 11) is 1.21. The Kier molecular flexibility index (Phi) is 2.39. The summed E-state index contributed by atoms with van der Waals surface area (Å²) in [6, 6.07) is 0.487. The summed E-state index contributed by atoms with van der Waals surface area (Å²) in [6.45, 7) is 0. The molecule has 0 saturated heterocycles. The number of anilines is 1. The van der Waals surface area contributed by atoms with Crippen molar-refractivity contribution in [3.05, 3.63) is 17.7 Å². The van der Waals surface area contributed by atoms with Gasteiger partial charge in [-0.15, -0.1) is 0 Å². The highest BCUT2D eigenvalue weighted by Crippen LogP contribution is 2.39. The number of nitrogens with one attached hydrogen (secondary N) is 2. The number of rotatable bonds is 1. The number of ether oxygens (including phenoxy) is 1. The van der Waals surface area contributed by atoms with Gasteiger partial charge in [-0.25, -0.2) is 9.18 Å². The summed E-state index contributed by atoms with van der Waals surface area (Å²) < 4.78 is 33.3. The van der Waals surface area contributed by atoms with Gasteiger partial charge in [-0.1, -0.05) is 0 Å². The van der Waals surface area contributed by atoms with Gasteiger partial charge >= 0.3 is 6.03 Å². The van der Waals surface area contributed by atoms with Crippen LogP contribution in [0.5, 0.6) is 5.75 Å². The second-order valence-corrected chi connectivity index (χ2v) is 3.59. The van der Waals surface area contributed by atoms with Crippen LogP contribution in [-0.4, -0.2) is 13.1 Å². The Morgan fingerprint density at radius 3 is 2.87 bits per heavy atom. The number of hydrogen-bond donors (Lipinski definition) is 2. The minimum atomic E-state index is -1.11. The molecule has 0 unspecified atom stereocenters. The number of carbonyl (C=O) groups excluding carboxylic acids is 1. The normalized spacial score (nSPS) is 13.9. The van der Waals surface area contributed by atoms with Crippen molar-refractivity contribution in [3.63, 3.8) is 0 Å². The summed E-state index contributed by atoms with van der Waals surface area (Å²) in [6.07, 6.45) is 0. The first kappa shape index (κ1) is 10.0. The van der Waals surface area contributed by atoms with Gasteiger partial charge in [0.25, 0.3) is 0 Å². The van der Waals surface area contributed by atoms with Crippen LogP contribution in [0, 0.1) is 11.6 Å². The maximum atomic E-state index is 13.2. The van der Waals surface area contributed by atoms with Crippen molar-refractivity contribution < 1.29 is 18.3 Å². The highest BCUT2D eigenvalue weighted by atomic mass is 32.2. The van der Waals surface area contributed by atoms with E-state index in [2.05, 4.69) is 10.0 Å². The fourth-order valence-electron chi connectivity index (χ4n) is 1.21. The number of methoxy groups -OCH3 is 1. The third kappa shape index (κ3) is 1.58. The minimum absolute atomic E-state index is 0.144. The van der Waals surface area contributed by atoms with Crippen molar-refractivity contribution in [2.24, 2.45) is 0 Å². The van der Waals surface area contributed by atoms with Crippen molar-refractivity contribution >= 4 is 23.7 Å². The quantitative estimate of drug-likeness (QED) is 0.729. The molecule has 2 amide bonds. The standard InChI is InChI=1S/C8H6F2N2O2S/c1-14-7-5(10)3(9)2-4-6(7)11-8(13)12-15-4/h2H,1H3,(H2,11,12,13). The summed E-state index contributed by atoms with van der Waals surface area (Å²) in [5.74, 6) is -2.43. The molecule has 4 nitrogen and oxygen atoms in total. The number of hydrogen-bond acceptors (Lipinski definition) is 3. The first-order chi connectivity index (χ1) is 7.13. The Morgan fingerprint density at radius 2 is 2.20 bits per heavy atom. The summed E-state index contributed by atoms with van der Waals surface area (Å²) in [4.78, 5) is 11.3. The van der Waals surface area contributed by atoms with Crippen LogP contribution in [0.15, 0.2) is 11.0 Å². The molecule has 0 atom stereocenters. The molecule has 1 aliphatic rings. The zero-order valence-electron chi connectivity index (χ0n) is 7.56. The van der Waals surface area contributed by atoms with E-state index < -0.39 is 17.7 Å². The molecule has 15 heavy (non-hydrogen) atoms. The largest absolute Gasteiger partial charge is 0.491 e. The van der Waals surface area contributed by atoms with Crippen molar-refractivity contribution in [3.8, 4) is 5.75 Å². The van der Waals surface area contributed by atoms with Gasteiger partial charge in [-0.05, 0) is 18.0 Å². The number of halogens is 2. The lowest BCUT2D eigenvalue weighted by Gasteiger charge is -2.19. The van der Waals surface area contributed by atoms with Gasteiger partial charge < -0.3 is 10.1 Å². The SMILES string of the molecule is COc1c(F)c(F)cc2c1NC(=O)NS2. The average Bonchev–Trinajstić information content (AvgIpc) is 2.21. The van der Waals surface area contributed by atoms with Crippen LogP contribution in [0.3, 0.4) is 0 Å². The summed E-state index contributed by atoms with van der Waals surface area (Å²) >= 11 is 0.901. The lowest BCUT2D eigenvalue weighted by molar-refractivity contribution is 0.256. The van der Waals surface area contributed by atoms with Crippen molar-refractivity contribution in [2.75, 3.05) is 12.4 Å². The van der Waals surface area contributed by atoms with Gasteiger partial charge in [0.1, 0.15) is 5.69 Å². The maximum Gasteiger partial charge on any atom is 0.329 e. The van der Waals surface area contributed by atoms with Gasteiger partial charge in [0.2, 0.25) is 5.82 Å². The predicted molar refractivity (Wildman–Crippen MR) is 50.9 cm³/mol. The first-order valence-corrected chi connectivity index (χ1v) is 4.75. The number of fused-ring (bicyclic) bond motifs is 1. The van der Waals surface area contributed by atoms with Gasteiger partial charge in [-0.3, -0.25) is 4.72 Å². The van der Waals surface area contributed by atoms with Gasteiger partial charge in [-0.2, -0.15) is 4.39 Å². The van der Waals surface area contributed by atoms with Gasteiger partial charge in [0.15, 0.2) is 11.6 Å². The van der Waals surface area contributed by atoms with E-state index in [-0.39, 0.29) is 11.4 Å². The molecule has 1 aliphatic heterocycles.